The van der Waals surface area contributed by atoms with Crippen molar-refractivity contribution in [3.8, 4) is 0 Å². The zero-order chi connectivity index (χ0) is 16.9. The molecule has 3 N–H and O–H groups in total. The van der Waals surface area contributed by atoms with Gasteiger partial charge in [0, 0.05) is 23.8 Å². The minimum Gasteiger partial charge on any atom is -0.393 e. The number of aromatic nitrogens is 1. The number of rotatable bonds is 7. The number of aliphatic hydroxyl groups is 2. The van der Waals surface area contributed by atoms with Crippen LogP contribution in [0.4, 0.5) is 4.39 Å². The van der Waals surface area contributed by atoms with E-state index in [1.54, 1.807) is 0 Å². The second kappa shape index (κ2) is 11.3. The number of β-amino-alcohol motifs (C(OH)–C–C–N with tert-alkyl or cyclic N) is 1. The van der Waals surface area contributed by atoms with Gasteiger partial charge in [-0.15, -0.1) is 24.8 Å². The molecule has 1 aliphatic carbocycles. The maximum Gasteiger partial charge on any atom is 0.141 e. The molecule has 25 heavy (non-hydrogen) atoms. The molecule has 1 aromatic heterocycles. The Kier molecular flexibility index (Phi) is 11.1. The quantitative estimate of drug-likeness (QED) is 0.655. The lowest BCUT2D eigenvalue weighted by atomic mass is 9.82. The monoisotopic (exact) mass is 396 g/mol. The summed E-state index contributed by atoms with van der Waals surface area (Å²) in [5.74, 6) is 0.261. The minimum absolute atomic E-state index is 0. The van der Waals surface area contributed by atoms with Crippen molar-refractivity contribution in [3.05, 3.63) is 29.8 Å². The van der Waals surface area contributed by atoms with Crippen LogP contribution in [0.1, 0.15) is 64.0 Å². The zero-order valence-corrected chi connectivity index (χ0v) is 16.6. The first-order valence-corrected chi connectivity index (χ1v) is 8.57. The van der Waals surface area contributed by atoms with Crippen LogP contribution in [-0.2, 0) is 0 Å². The Morgan fingerprint density at radius 1 is 1.24 bits per heavy atom. The van der Waals surface area contributed by atoms with E-state index in [1.807, 2.05) is 0 Å². The molecule has 1 heterocycles. The van der Waals surface area contributed by atoms with Crippen LogP contribution in [-0.4, -0.2) is 33.4 Å². The molecular formula is C18H31Cl2FN2O2. The smallest absolute Gasteiger partial charge is 0.141 e. The third-order valence-electron chi connectivity index (χ3n) is 4.88. The van der Waals surface area contributed by atoms with E-state index in [9.17, 15) is 14.6 Å². The molecule has 0 radical (unpaired) electrons. The molecule has 1 aliphatic rings. The number of aliphatic hydroxyl groups excluding tert-OH is 2. The highest BCUT2D eigenvalue weighted by Gasteiger charge is 2.24. The maximum absolute atomic E-state index is 13.1. The van der Waals surface area contributed by atoms with Gasteiger partial charge in [0.25, 0.3) is 0 Å². The van der Waals surface area contributed by atoms with Crippen LogP contribution in [0, 0.1) is 11.7 Å². The van der Waals surface area contributed by atoms with Crippen LogP contribution < -0.4 is 5.32 Å². The molecule has 7 heteroatoms. The van der Waals surface area contributed by atoms with Crippen molar-refractivity contribution in [3.63, 3.8) is 0 Å². The van der Waals surface area contributed by atoms with E-state index < -0.39 is 11.9 Å². The zero-order valence-electron chi connectivity index (χ0n) is 14.9. The minimum atomic E-state index is -0.762. The second-order valence-electron chi connectivity index (χ2n) is 7.43. The summed E-state index contributed by atoms with van der Waals surface area (Å²) in [5.41, 5.74) is 0.409. The Hall–Kier alpha value is -0.460. The van der Waals surface area contributed by atoms with Crippen LogP contribution in [0.2, 0.25) is 0 Å². The number of hydrogen-bond donors (Lipinski definition) is 3. The van der Waals surface area contributed by atoms with E-state index in [1.165, 1.54) is 12.3 Å². The third kappa shape index (κ3) is 8.65. The van der Waals surface area contributed by atoms with Crippen LogP contribution in [0.5, 0.6) is 0 Å². The van der Waals surface area contributed by atoms with E-state index in [0.29, 0.717) is 18.0 Å². The molecule has 1 fully saturated rings. The molecule has 0 saturated heterocycles. The lowest BCUT2D eigenvalue weighted by Gasteiger charge is -2.31. The van der Waals surface area contributed by atoms with Gasteiger partial charge in [0.15, 0.2) is 0 Å². The predicted octanol–water partition coefficient (Wildman–Crippen LogP) is 3.80. The molecular weight excluding hydrogens is 366 g/mol. The molecule has 0 spiro atoms. The van der Waals surface area contributed by atoms with Crippen molar-refractivity contribution in [2.45, 2.75) is 70.1 Å². The van der Waals surface area contributed by atoms with Crippen molar-refractivity contribution >= 4 is 24.8 Å². The molecule has 0 aliphatic heterocycles. The average Bonchev–Trinajstić information content (AvgIpc) is 2.52. The van der Waals surface area contributed by atoms with Crippen molar-refractivity contribution in [2.75, 3.05) is 6.54 Å². The Balaban J connectivity index is 0.00000288. The summed E-state index contributed by atoms with van der Waals surface area (Å²) in [6.07, 6.45) is 7.96. The van der Waals surface area contributed by atoms with Gasteiger partial charge >= 0.3 is 0 Å². The number of nitrogens with zero attached hydrogens (tertiary/aromatic N) is 1. The third-order valence-corrected chi connectivity index (χ3v) is 4.88. The van der Waals surface area contributed by atoms with Crippen LogP contribution in [0.25, 0.3) is 0 Å². The lowest BCUT2D eigenvalue weighted by Crippen LogP contribution is -2.42. The average molecular weight is 397 g/mol. The summed E-state index contributed by atoms with van der Waals surface area (Å²) in [6.45, 7) is 4.63. The number of hydrogen-bond acceptors (Lipinski definition) is 4. The van der Waals surface area contributed by atoms with Crippen LogP contribution in [0.15, 0.2) is 18.5 Å². The molecule has 2 rings (SSSR count). The van der Waals surface area contributed by atoms with Gasteiger partial charge in [0.1, 0.15) is 5.82 Å². The van der Waals surface area contributed by atoms with Gasteiger partial charge in [-0.2, -0.15) is 0 Å². The largest absolute Gasteiger partial charge is 0.393 e. The molecule has 0 amide bonds. The fourth-order valence-corrected chi connectivity index (χ4v) is 3.19. The predicted molar refractivity (Wildman–Crippen MR) is 103 cm³/mol. The highest BCUT2D eigenvalue weighted by Crippen LogP contribution is 2.29. The SMILES string of the molecule is CC(C)(CCC1CCC(O)CC1)NC[C@H](O)c1cncc(F)c1.Cl.Cl. The fraction of sp³-hybridized carbons (Fsp3) is 0.722. The maximum atomic E-state index is 13.1. The first kappa shape index (κ1) is 24.5. The Labute approximate surface area is 162 Å². The van der Waals surface area contributed by atoms with E-state index in [-0.39, 0.29) is 36.5 Å². The highest BCUT2D eigenvalue weighted by molar-refractivity contribution is 5.85. The number of pyridine rings is 1. The topological polar surface area (TPSA) is 65.4 Å². The van der Waals surface area contributed by atoms with Gasteiger partial charge < -0.3 is 15.5 Å². The Morgan fingerprint density at radius 2 is 1.88 bits per heavy atom. The van der Waals surface area contributed by atoms with E-state index in [4.69, 9.17) is 0 Å². The normalized spacial score (nSPS) is 21.8. The first-order chi connectivity index (χ1) is 10.9. The molecule has 0 aromatic carbocycles. The van der Waals surface area contributed by atoms with Crippen molar-refractivity contribution in [1.82, 2.24) is 10.3 Å². The second-order valence-corrected chi connectivity index (χ2v) is 7.43. The summed E-state index contributed by atoms with van der Waals surface area (Å²) in [5, 5.41) is 23.1. The Morgan fingerprint density at radius 3 is 2.48 bits per heavy atom. The summed E-state index contributed by atoms with van der Waals surface area (Å²) in [7, 11) is 0. The van der Waals surface area contributed by atoms with Gasteiger partial charge in [0.2, 0.25) is 0 Å². The molecule has 4 nitrogen and oxygen atoms in total. The summed E-state index contributed by atoms with van der Waals surface area (Å²) in [4.78, 5) is 3.77. The van der Waals surface area contributed by atoms with Gasteiger partial charge in [-0.25, -0.2) is 4.39 Å². The van der Waals surface area contributed by atoms with E-state index in [2.05, 4.69) is 24.1 Å². The highest BCUT2D eigenvalue weighted by atomic mass is 35.5. The summed E-state index contributed by atoms with van der Waals surface area (Å²) >= 11 is 0. The van der Waals surface area contributed by atoms with Crippen LogP contribution in [0.3, 0.4) is 0 Å². The van der Waals surface area contributed by atoms with Crippen LogP contribution >= 0.6 is 24.8 Å². The first-order valence-electron chi connectivity index (χ1n) is 8.57. The van der Waals surface area contributed by atoms with Gasteiger partial charge in [-0.1, -0.05) is 0 Å². The van der Waals surface area contributed by atoms with Crippen molar-refractivity contribution in [1.29, 1.82) is 0 Å². The van der Waals surface area contributed by atoms with Gasteiger partial charge in [-0.05, 0) is 64.4 Å². The lowest BCUT2D eigenvalue weighted by molar-refractivity contribution is 0.102. The van der Waals surface area contributed by atoms with Gasteiger partial charge in [-0.3, -0.25) is 4.98 Å². The number of halogens is 3. The Bertz CT molecular complexity index is 498. The molecule has 1 saturated carbocycles. The summed E-state index contributed by atoms with van der Waals surface area (Å²) < 4.78 is 13.1. The molecule has 1 aromatic rings. The van der Waals surface area contributed by atoms with E-state index in [0.717, 1.165) is 44.7 Å². The van der Waals surface area contributed by atoms with Gasteiger partial charge in [0.05, 0.1) is 18.4 Å². The van der Waals surface area contributed by atoms with Crippen molar-refractivity contribution < 1.29 is 14.6 Å². The molecule has 146 valence electrons. The molecule has 0 bridgehead atoms. The molecule has 1 atom stereocenters. The van der Waals surface area contributed by atoms with E-state index >= 15 is 0 Å². The fourth-order valence-electron chi connectivity index (χ4n) is 3.19. The standard InChI is InChI=1S/C18H29FN2O2.2ClH/c1-18(2,8-7-13-3-5-16(22)6-4-13)21-12-17(23)14-9-15(19)11-20-10-14;;/h9-11,13,16-17,21-23H,3-8,12H2,1-2H3;2*1H/t13?,16?,17-;;/m0../s1. The molecule has 0 unspecified atom stereocenters. The number of nitrogens with one attached hydrogen (secondary N) is 1. The summed E-state index contributed by atoms with van der Waals surface area (Å²) in [6, 6.07) is 1.32. The van der Waals surface area contributed by atoms with Crippen molar-refractivity contribution in [2.24, 2.45) is 5.92 Å².